The lowest BCUT2D eigenvalue weighted by Crippen LogP contribution is -2.19. The molecule has 0 aliphatic heterocycles. The van der Waals surface area contributed by atoms with E-state index in [1.165, 1.54) is 0 Å². The van der Waals surface area contributed by atoms with Crippen LogP contribution in [0.25, 0.3) is 10.9 Å². The normalized spacial score (nSPS) is 10.2. The molecule has 0 saturated carbocycles. The van der Waals surface area contributed by atoms with Gasteiger partial charge in [-0.3, -0.25) is 4.79 Å². The van der Waals surface area contributed by atoms with Crippen molar-refractivity contribution >= 4 is 26.8 Å². The third kappa shape index (κ3) is 4.63. The van der Waals surface area contributed by atoms with Crippen molar-refractivity contribution < 1.29 is 14.2 Å². The van der Waals surface area contributed by atoms with Crippen molar-refractivity contribution in [3.8, 4) is 29.1 Å². The molecule has 6 heteroatoms. The summed E-state index contributed by atoms with van der Waals surface area (Å²) in [6, 6.07) is 14.7. The Morgan fingerprint density at radius 3 is 2.33 bits per heavy atom. The molecule has 0 bridgehead atoms. The Morgan fingerprint density at radius 1 is 0.963 bits per heavy atom. The van der Waals surface area contributed by atoms with Crippen LogP contribution in [0.2, 0.25) is 0 Å². The van der Waals surface area contributed by atoms with E-state index in [4.69, 9.17) is 14.2 Å². The summed E-state index contributed by atoms with van der Waals surface area (Å²) in [6.45, 7) is 0.346. The van der Waals surface area contributed by atoms with Crippen LogP contribution in [0.5, 0.6) is 17.2 Å². The van der Waals surface area contributed by atoms with Crippen LogP contribution < -0.4 is 19.8 Å². The Bertz CT molecular complexity index is 1060. The lowest BCUT2D eigenvalue weighted by molar-refractivity contribution is 0.357. The van der Waals surface area contributed by atoms with Gasteiger partial charge in [-0.25, -0.2) is 0 Å². The van der Waals surface area contributed by atoms with Crippen molar-refractivity contribution in [2.45, 2.75) is 0 Å². The van der Waals surface area contributed by atoms with Crippen molar-refractivity contribution in [2.24, 2.45) is 7.05 Å². The van der Waals surface area contributed by atoms with E-state index >= 15 is 0 Å². The van der Waals surface area contributed by atoms with Gasteiger partial charge in [0.05, 0.1) is 12.6 Å². The van der Waals surface area contributed by atoms with Crippen molar-refractivity contribution in [3.05, 3.63) is 63.4 Å². The zero-order valence-electron chi connectivity index (χ0n) is 15.0. The molecule has 27 heavy (non-hydrogen) atoms. The number of rotatable bonds is 5. The molecule has 0 saturated heterocycles. The number of ether oxygens (including phenoxy) is 3. The van der Waals surface area contributed by atoms with E-state index in [0.29, 0.717) is 5.75 Å². The van der Waals surface area contributed by atoms with Gasteiger partial charge in [0.25, 0.3) is 5.56 Å². The number of methoxy groups -OCH3 is 1. The highest BCUT2D eigenvalue weighted by atomic mass is 79.9. The van der Waals surface area contributed by atoms with Crippen LogP contribution in [0.3, 0.4) is 0 Å². The third-order valence-electron chi connectivity index (χ3n) is 3.95. The number of nitrogens with zero attached hydrogens (tertiary/aromatic N) is 1. The molecule has 0 fully saturated rings. The van der Waals surface area contributed by atoms with Crippen LogP contribution in [-0.4, -0.2) is 24.9 Å². The van der Waals surface area contributed by atoms with Crippen LogP contribution in [0.1, 0.15) is 0 Å². The molecule has 0 aliphatic carbocycles. The fourth-order valence-electron chi connectivity index (χ4n) is 2.53. The van der Waals surface area contributed by atoms with E-state index in [1.807, 2.05) is 42.5 Å². The molecule has 3 aromatic rings. The van der Waals surface area contributed by atoms with Gasteiger partial charge in [0.1, 0.15) is 24.7 Å². The van der Waals surface area contributed by atoms with Gasteiger partial charge >= 0.3 is 0 Å². The molecule has 138 valence electrons. The quantitative estimate of drug-likeness (QED) is 0.581. The topological polar surface area (TPSA) is 49.7 Å². The maximum Gasteiger partial charge on any atom is 0.293 e. The molecule has 3 rings (SSSR count). The van der Waals surface area contributed by atoms with E-state index in [0.717, 1.165) is 21.1 Å². The summed E-state index contributed by atoms with van der Waals surface area (Å²) in [4.78, 5) is 12.4. The molecular weight excluding hydrogens is 410 g/mol. The van der Waals surface area contributed by atoms with Crippen LogP contribution in [0.4, 0.5) is 0 Å². The number of aromatic nitrogens is 1. The average Bonchev–Trinajstić information content (AvgIpc) is 2.68. The number of aryl methyl sites for hydroxylation is 1. The smallest absolute Gasteiger partial charge is 0.293 e. The molecule has 0 radical (unpaired) electrons. The predicted molar refractivity (Wildman–Crippen MR) is 109 cm³/mol. The molecule has 1 aromatic heterocycles. The number of benzene rings is 2. The summed E-state index contributed by atoms with van der Waals surface area (Å²) in [5, 5.41) is 0.914. The number of hydrogen-bond donors (Lipinski definition) is 0. The Kier molecular flexibility index (Phi) is 6.05. The summed E-state index contributed by atoms with van der Waals surface area (Å²) in [7, 11) is 3.34. The standard InChI is InChI=1S/C21H18BrNO4/c1-23-19-10-5-16(22)13-15(19)14-20(21(23)24)27-12-4-3-11-26-18-8-6-17(25-2)7-9-18/h5-10,13-14H,11-12H2,1-2H3. The van der Waals surface area contributed by atoms with Crippen molar-refractivity contribution in [1.82, 2.24) is 4.57 Å². The van der Waals surface area contributed by atoms with Crippen molar-refractivity contribution in [1.29, 1.82) is 0 Å². The Morgan fingerprint density at radius 2 is 1.63 bits per heavy atom. The second kappa shape index (κ2) is 8.65. The van der Waals surface area contributed by atoms with Gasteiger partial charge in [-0.1, -0.05) is 27.8 Å². The first-order chi connectivity index (χ1) is 13.1. The Hall–Kier alpha value is -2.91. The summed E-state index contributed by atoms with van der Waals surface area (Å²) < 4.78 is 18.7. The Labute approximate surface area is 165 Å². The third-order valence-corrected chi connectivity index (χ3v) is 4.44. The molecule has 1 heterocycles. The number of pyridine rings is 1. The molecule has 0 atom stereocenters. The van der Waals surface area contributed by atoms with Gasteiger partial charge in [-0.15, -0.1) is 0 Å². The van der Waals surface area contributed by atoms with Crippen LogP contribution in [-0.2, 0) is 7.05 Å². The zero-order chi connectivity index (χ0) is 19.2. The maximum absolute atomic E-state index is 12.4. The largest absolute Gasteiger partial charge is 0.497 e. The predicted octanol–water partition coefficient (Wildman–Crippen LogP) is 3.77. The van der Waals surface area contributed by atoms with E-state index < -0.39 is 0 Å². The minimum absolute atomic E-state index is 0.112. The van der Waals surface area contributed by atoms with Crippen LogP contribution in [0, 0.1) is 11.8 Å². The molecule has 0 N–H and O–H groups in total. The fourth-order valence-corrected chi connectivity index (χ4v) is 2.91. The number of fused-ring (bicyclic) bond motifs is 1. The number of hydrogen-bond acceptors (Lipinski definition) is 4. The second-order valence-electron chi connectivity index (χ2n) is 5.68. The molecule has 5 nitrogen and oxygen atoms in total. The van der Waals surface area contributed by atoms with Crippen molar-refractivity contribution in [3.63, 3.8) is 0 Å². The van der Waals surface area contributed by atoms with E-state index in [9.17, 15) is 4.79 Å². The zero-order valence-corrected chi connectivity index (χ0v) is 16.6. The monoisotopic (exact) mass is 427 g/mol. The van der Waals surface area contributed by atoms with Crippen LogP contribution in [0.15, 0.2) is 57.8 Å². The average molecular weight is 428 g/mol. The fraction of sp³-hybridized carbons (Fsp3) is 0.190. The lowest BCUT2D eigenvalue weighted by atomic mass is 10.2. The van der Waals surface area contributed by atoms with Gasteiger partial charge in [0.15, 0.2) is 5.75 Å². The van der Waals surface area contributed by atoms with E-state index in [-0.39, 0.29) is 24.5 Å². The minimum atomic E-state index is -0.193. The molecule has 0 aliphatic rings. The Balaban J connectivity index is 1.60. The summed E-state index contributed by atoms with van der Waals surface area (Å²) in [6.07, 6.45) is 0. The van der Waals surface area contributed by atoms with Gasteiger partial charge < -0.3 is 18.8 Å². The summed E-state index contributed by atoms with van der Waals surface area (Å²) >= 11 is 3.44. The first kappa shape index (κ1) is 18.9. The minimum Gasteiger partial charge on any atom is -0.497 e. The highest BCUT2D eigenvalue weighted by Gasteiger charge is 2.07. The van der Waals surface area contributed by atoms with Gasteiger partial charge in [-0.05, 0) is 48.5 Å². The van der Waals surface area contributed by atoms with E-state index in [2.05, 4.69) is 27.8 Å². The maximum atomic E-state index is 12.4. The SMILES string of the molecule is COc1ccc(OCC#CCOc2cc3cc(Br)ccc3n(C)c2=O)cc1. The van der Waals surface area contributed by atoms with Crippen molar-refractivity contribution in [2.75, 3.05) is 20.3 Å². The molecule has 2 aromatic carbocycles. The summed E-state index contributed by atoms with van der Waals surface area (Å²) in [5.74, 6) is 7.47. The van der Waals surface area contributed by atoms with Crippen LogP contribution >= 0.6 is 15.9 Å². The molecule has 0 unspecified atom stereocenters. The number of halogens is 1. The molecule has 0 spiro atoms. The first-order valence-electron chi connectivity index (χ1n) is 8.23. The molecule has 0 amide bonds. The molecular formula is C21H18BrNO4. The van der Waals surface area contributed by atoms with Gasteiger partial charge in [0.2, 0.25) is 0 Å². The van der Waals surface area contributed by atoms with Gasteiger partial charge in [0, 0.05) is 16.9 Å². The van der Waals surface area contributed by atoms with Gasteiger partial charge in [-0.2, -0.15) is 0 Å². The highest BCUT2D eigenvalue weighted by molar-refractivity contribution is 9.10. The summed E-state index contributed by atoms with van der Waals surface area (Å²) in [5.41, 5.74) is 0.649. The lowest BCUT2D eigenvalue weighted by Gasteiger charge is -2.09. The second-order valence-corrected chi connectivity index (χ2v) is 6.60. The highest BCUT2D eigenvalue weighted by Crippen LogP contribution is 2.21. The first-order valence-corrected chi connectivity index (χ1v) is 9.02. The van der Waals surface area contributed by atoms with E-state index in [1.54, 1.807) is 24.8 Å².